The Kier molecular flexibility index (Phi) is 8.52. The predicted octanol–water partition coefficient (Wildman–Crippen LogP) is 8.13. The van der Waals surface area contributed by atoms with E-state index in [0.717, 1.165) is 54.3 Å². The number of nitrogens with two attached hydrogens (primary N) is 1. The number of hydrogen-bond donors (Lipinski definition) is 3. The van der Waals surface area contributed by atoms with E-state index >= 15 is 0 Å². The van der Waals surface area contributed by atoms with Gasteiger partial charge in [0, 0.05) is 54.0 Å². The van der Waals surface area contributed by atoms with Crippen molar-refractivity contribution in [1.82, 2.24) is 4.98 Å². The molecule has 0 saturated heterocycles. The molecule has 8 heteroatoms. The Hall–Kier alpha value is -3.65. The van der Waals surface area contributed by atoms with E-state index in [9.17, 15) is 8.78 Å². The molecule has 38 heavy (non-hydrogen) atoms. The first-order chi connectivity index (χ1) is 18.2. The van der Waals surface area contributed by atoms with Crippen LogP contribution in [0.2, 0.25) is 0 Å². The normalized spacial score (nSPS) is 12.9. The highest BCUT2D eigenvalue weighted by molar-refractivity contribution is 7.80. The van der Waals surface area contributed by atoms with Crippen molar-refractivity contribution in [2.75, 3.05) is 22.5 Å². The van der Waals surface area contributed by atoms with Gasteiger partial charge in [0.25, 0.3) is 5.92 Å². The number of anilines is 3. The van der Waals surface area contributed by atoms with Gasteiger partial charge in [0.1, 0.15) is 5.82 Å². The summed E-state index contributed by atoms with van der Waals surface area (Å²) in [5.74, 6) is -1.80. The number of hydrogen-bond acceptors (Lipinski definition) is 6. The number of allylic oxidation sites excluding steroid dienone is 1. The fourth-order valence-electron chi connectivity index (χ4n) is 4.31. The van der Waals surface area contributed by atoms with E-state index < -0.39 is 5.92 Å². The number of nitrogens with zero attached hydrogens (tertiary/aromatic N) is 3. The molecule has 0 atom stereocenters. The van der Waals surface area contributed by atoms with Gasteiger partial charge in [-0.2, -0.15) is 0 Å². The zero-order valence-corrected chi connectivity index (χ0v) is 22.6. The minimum absolute atomic E-state index is 0.0627. The zero-order chi connectivity index (χ0) is 27.3. The topological polar surface area (TPSA) is 66.5 Å². The summed E-state index contributed by atoms with van der Waals surface area (Å²) in [5, 5.41) is 3.41. The Morgan fingerprint density at radius 1 is 1.16 bits per heavy atom. The van der Waals surface area contributed by atoms with Gasteiger partial charge in [-0.15, -0.1) is 12.6 Å². The molecule has 0 bridgehead atoms. The van der Waals surface area contributed by atoms with Crippen LogP contribution in [0.4, 0.5) is 26.0 Å². The summed E-state index contributed by atoms with van der Waals surface area (Å²) in [6.07, 6.45) is 7.48. The average Bonchev–Trinajstić information content (AvgIpc) is 3.43. The molecular formula is C30H33F2N5S. The zero-order valence-electron chi connectivity index (χ0n) is 21.7. The fourth-order valence-corrected chi connectivity index (χ4v) is 4.59. The molecule has 3 aromatic rings. The molecule has 3 N–H and O–H groups in total. The third-order valence-electron chi connectivity index (χ3n) is 6.42. The summed E-state index contributed by atoms with van der Waals surface area (Å²) >= 11 is 4.62. The van der Waals surface area contributed by atoms with Gasteiger partial charge in [-0.05, 0) is 54.0 Å². The number of unbranched alkanes of at least 4 members (excludes halogenated alkanes) is 2. The number of nitrogens with one attached hydrogen (secondary N) is 1. The number of rotatable bonds is 11. The van der Waals surface area contributed by atoms with Crippen LogP contribution in [-0.4, -0.2) is 17.7 Å². The highest BCUT2D eigenvalue weighted by atomic mass is 32.1. The Morgan fingerprint density at radius 3 is 2.68 bits per heavy atom. The largest absolute Gasteiger partial charge is 0.396 e. The summed E-state index contributed by atoms with van der Waals surface area (Å²) in [5.41, 5.74) is 10.9. The third kappa shape index (κ3) is 6.42. The van der Waals surface area contributed by atoms with Crippen LogP contribution in [0.1, 0.15) is 50.7 Å². The van der Waals surface area contributed by atoms with Gasteiger partial charge in [0.2, 0.25) is 0 Å². The summed E-state index contributed by atoms with van der Waals surface area (Å²) in [6.45, 7) is 7.98. The van der Waals surface area contributed by atoms with Gasteiger partial charge in [-0.1, -0.05) is 44.5 Å². The molecule has 0 spiro atoms. The Labute approximate surface area is 228 Å². The molecule has 2 heterocycles. The number of thiol groups is 1. The van der Waals surface area contributed by atoms with E-state index in [0.29, 0.717) is 35.1 Å². The van der Waals surface area contributed by atoms with E-state index in [2.05, 4.69) is 36.4 Å². The molecule has 1 aliphatic rings. The first-order valence-corrected chi connectivity index (χ1v) is 13.1. The van der Waals surface area contributed by atoms with Gasteiger partial charge in [-0.3, -0.25) is 4.99 Å². The van der Waals surface area contributed by atoms with Crippen molar-refractivity contribution >= 4 is 41.6 Å². The van der Waals surface area contributed by atoms with Crippen LogP contribution in [0.5, 0.6) is 0 Å². The van der Waals surface area contributed by atoms with E-state index in [1.807, 2.05) is 35.5 Å². The summed E-state index contributed by atoms with van der Waals surface area (Å²) < 4.78 is 28.0. The maximum atomic E-state index is 14.0. The first-order valence-electron chi connectivity index (χ1n) is 12.7. The van der Waals surface area contributed by atoms with Crippen molar-refractivity contribution in [2.45, 2.75) is 50.3 Å². The molecule has 0 unspecified atom stereocenters. The number of halogens is 2. The molecule has 198 valence electrons. The Bertz CT molecular complexity index is 1380. The van der Waals surface area contributed by atoms with Crippen LogP contribution in [0.3, 0.4) is 0 Å². The van der Waals surface area contributed by atoms with Gasteiger partial charge < -0.3 is 16.0 Å². The molecule has 2 aromatic carbocycles. The molecule has 0 amide bonds. The molecule has 1 aromatic heterocycles. The molecule has 5 nitrogen and oxygen atoms in total. The maximum absolute atomic E-state index is 14.0. The predicted molar refractivity (Wildman–Crippen MR) is 158 cm³/mol. The van der Waals surface area contributed by atoms with Crippen molar-refractivity contribution < 1.29 is 8.78 Å². The minimum atomic E-state index is -2.95. The second-order valence-corrected chi connectivity index (χ2v) is 9.91. The lowest BCUT2D eigenvalue weighted by atomic mass is 10.0. The number of benzene rings is 2. The third-order valence-corrected chi connectivity index (χ3v) is 6.81. The summed E-state index contributed by atoms with van der Waals surface area (Å²) in [7, 11) is 0. The molecular weight excluding hydrogens is 500 g/mol. The van der Waals surface area contributed by atoms with Crippen LogP contribution in [0, 0.1) is 0 Å². The standard InChI is InChI=1S/C30H33F2N5S/c1-4-5-6-16-37(20(2)35-24-10-13-28(38)25(18-24)22-14-15-34-19-22)29-26(33)11-12-27(36-29)21-8-7-9-23(17-21)30(3,31)32/h7-13,15,17-19,35,38H,2,4-6,14,16,33H2,1,3H3. The van der Waals surface area contributed by atoms with E-state index in [1.54, 1.807) is 24.3 Å². The van der Waals surface area contributed by atoms with Crippen molar-refractivity contribution in [3.05, 3.63) is 84.3 Å². The molecule has 0 saturated carbocycles. The number of aliphatic imine (C=N–C) groups is 1. The van der Waals surface area contributed by atoms with Crippen LogP contribution >= 0.6 is 12.6 Å². The van der Waals surface area contributed by atoms with E-state index in [4.69, 9.17) is 10.7 Å². The highest BCUT2D eigenvalue weighted by Gasteiger charge is 2.25. The molecule has 1 aliphatic heterocycles. The number of pyridine rings is 1. The fraction of sp³-hybridized carbons (Fsp3) is 0.267. The lowest BCUT2D eigenvalue weighted by molar-refractivity contribution is 0.0175. The van der Waals surface area contributed by atoms with Crippen molar-refractivity contribution in [3.63, 3.8) is 0 Å². The van der Waals surface area contributed by atoms with Gasteiger partial charge in [0.15, 0.2) is 5.82 Å². The maximum Gasteiger partial charge on any atom is 0.270 e. The number of alkyl halides is 2. The lowest BCUT2D eigenvalue weighted by Gasteiger charge is -2.28. The lowest BCUT2D eigenvalue weighted by Crippen LogP contribution is -2.29. The van der Waals surface area contributed by atoms with E-state index in [-0.39, 0.29) is 5.56 Å². The van der Waals surface area contributed by atoms with Crippen LogP contribution in [0.15, 0.2) is 83.1 Å². The number of nitrogen functional groups attached to an aromatic ring is 1. The van der Waals surface area contributed by atoms with Gasteiger partial charge >= 0.3 is 0 Å². The summed E-state index contributed by atoms with van der Waals surface area (Å²) in [4.78, 5) is 11.9. The van der Waals surface area contributed by atoms with Gasteiger partial charge in [-0.25, -0.2) is 13.8 Å². The second kappa shape index (κ2) is 11.8. The highest BCUT2D eigenvalue weighted by Crippen LogP contribution is 2.34. The van der Waals surface area contributed by atoms with Crippen molar-refractivity contribution in [3.8, 4) is 11.3 Å². The molecule has 0 radical (unpaired) electrons. The quantitative estimate of drug-likeness (QED) is 0.172. The smallest absolute Gasteiger partial charge is 0.270 e. The Balaban J connectivity index is 1.66. The van der Waals surface area contributed by atoms with Crippen molar-refractivity contribution in [1.29, 1.82) is 0 Å². The first kappa shape index (κ1) is 27.4. The van der Waals surface area contributed by atoms with E-state index in [1.165, 1.54) is 12.1 Å². The second-order valence-electron chi connectivity index (χ2n) is 9.43. The average molecular weight is 534 g/mol. The molecule has 4 rings (SSSR count). The van der Waals surface area contributed by atoms with Gasteiger partial charge in [0.05, 0.1) is 11.4 Å². The van der Waals surface area contributed by atoms with Crippen LogP contribution in [0.25, 0.3) is 16.8 Å². The Morgan fingerprint density at radius 2 is 1.97 bits per heavy atom. The van der Waals surface area contributed by atoms with Crippen molar-refractivity contribution in [2.24, 2.45) is 4.99 Å². The summed E-state index contributed by atoms with van der Waals surface area (Å²) in [6, 6.07) is 15.7. The molecule has 0 aliphatic carbocycles. The SMILES string of the molecule is C=C(Nc1ccc(S)c(C2=CN=CC2)c1)N(CCCCC)c1nc(-c2cccc(C(C)(F)F)c2)ccc1N. The minimum Gasteiger partial charge on any atom is -0.396 e. The number of aromatic nitrogens is 1. The van der Waals surface area contributed by atoms with Crippen LogP contribution < -0.4 is 16.0 Å². The molecule has 0 fully saturated rings. The monoisotopic (exact) mass is 533 g/mol. The van der Waals surface area contributed by atoms with Crippen LogP contribution in [-0.2, 0) is 5.92 Å².